The lowest BCUT2D eigenvalue weighted by molar-refractivity contribution is 0.0592. The van der Waals surface area contributed by atoms with E-state index in [0.29, 0.717) is 11.1 Å². The van der Waals surface area contributed by atoms with Crippen LogP contribution >= 0.6 is 0 Å². The molecule has 0 unspecified atom stereocenters. The van der Waals surface area contributed by atoms with Crippen molar-refractivity contribution in [1.82, 2.24) is 0 Å². The number of hydrogen-bond donors (Lipinski definition) is 2. The summed E-state index contributed by atoms with van der Waals surface area (Å²) >= 11 is 0. The number of esters is 2. The van der Waals surface area contributed by atoms with Crippen molar-refractivity contribution in [3.8, 4) is 22.6 Å². The van der Waals surface area contributed by atoms with Gasteiger partial charge < -0.3 is 29.8 Å². The van der Waals surface area contributed by atoms with E-state index in [2.05, 4.69) is 0 Å². The number of anilines is 2. The molecule has 9 heteroatoms. The molecule has 0 radical (unpaired) electrons. The van der Waals surface area contributed by atoms with E-state index in [-0.39, 0.29) is 45.1 Å². The molecule has 4 N–H and O–H groups in total. The van der Waals surface area contributed by atoms with Crippen molar-refractivity contribution < 1.29 is 32.7 Å². The van der Waals surface area contributed by atoms with Crippen molar-refractivity contribution in [2.45, 2.75) is 0 Å². The van der Waals surface area contributed by atoms with Gasteiger partial charge in [0, 0.05) is 33.6 Å². The molecule has 0 saturated carbocycles. The Hall–Kier alpha value is -4.79. The Balaban J connectivity index is 1.78. The summed E-state index contributed by atoms with van der Waals surface area (Å²) in [5.74, 6) is -1.14. The zero-order valence-electron chi connectivity index (χ0n) is 18.3. The molecule has 0 saturated heterocycles. The highest BCUT2D eigenvalue weighted by atomic mass is 16.5. The first kappa shape index (κ1) is 22.4. The Kier molecular flexibility index (Phi) is 5.92. The molecule has 9 nitrogen and oxygen atoms in total. The van der Waals surface area contributed by atoms with Crippen LogP contribution in [0, 0.1) is 0 Å². The van der Waals surface area contributed by atoms with Gasteiger partial charge in [-0.2, -0.15) is 0 Å². The zero-order chi connectivity index (χ0) is 24.4. The quantitative estimate of drug-likeness (QED) is 0.245. The van der Waals surface area contributed by atoms with Crippen molar-refractivity contribution in [3.63, 3.8) is 0 Å². The summed E-state index contributed by atoms with van der Waals surface area (Å²) in [5, 5.41) is 0. The normalized spacial score (nSPS) is 10.6. The lowest BCUT2D eigenvalue weighted by Gasteiger charge is -2.11. The molecule has 2 aromatic heterocycles. The minimum absolute atomic E-state index is 0.154. The predicted octanol–water partition coefficient (Wildman–Crippen LogP) is 4.18. The van der Waals surface area contributed by atoms with E-state index in [1.165, 1.54) is 63.1 Å². The molecular formula is C25H20N2O7. The van der Waals surface area contributed by atoms with E-state index in [4.69, 9.17) is 29.8 Å². The topological polar surface area (TPSA) is 148 Å². The standard InChI is InChI=1S/C25H20N2O7/c1-31-24(29)15-7-9-33-22(15)13-3-5-19(26)17(11-13)21(28)18-12-14(4-6-20(18)27)23-16(8-10-34-23)25(30)32-2/h3-12H,26-27H2,1-2H3. The van der Waals surface area contributed by atoms with E-state index in [0.717, 1.165) is 0 Å². The first-order chi connectivity index (χ1) is 16.3. The molecule has 4 aromatic rings. The first-order valence-electron chi connectivity index (χ1n) is 10.0. The van der Waals surface area contributed by atoms with Gasteiger partial charge in [0.25, 0.3) is 0 Å². The van der Waals surface area contributed by atoms with Crippen LogP contribution in [0.1, 0.15) is 36.6 Å². The molecule has 0 aliphatic heterocycles. The molecule has 2 aromatic carbocycles. The third kappa shape index (κ3) is 3.90. The number of methoxy groups -OCH3 is 2. The summed E-state index contributed by atoms with van der Waals surface area (Å²) in [7, 11) is 2.52. The largest absolute Gasteiger partial charge is 0.465 e. The number of carbonyl (C=O) groups excluding carboxylic acids is 3. The van der Waals surface area contributed by atoms with Crippen LogP contribution in [0.15, 0.2) is 69.9 Å². The second-order valence-electron chi connectivity index (χ2n) is 7.24. The minimum atomic E-state index is -0.578. The third-order valence-corrected chi connectivity index (χ3v) is 5.26. The monoisotopic (exact) mass is 460 g/mol. The maximum absolute atomic E-state index is 13.5. The number of carbonyl (C=O) groups is 3. The zero-order valence-corrected chi connectivity index (χ0v) is 18.3. The van der Waals surface area contributed by atoms with Crippen LogP contribution in [-0.4, -0.2) is 31.9 Å². The Morgan fingerprint density at radius 2 is 1.06 bits per heavy atom. The first-order valence-corrected chi connectivity index (χ1v) is 10.0. The van der Waals surface area contributed by atoms with Gasteiger partial charge >= 0.3 is 11.9 Å². The second kappa shape index (κ2) is 8.99. The van der Waals surface area contributed by atoms with Gasteiger partial charge in [0.15, 0.2) is 5.78 Å². The fourth-order valence-corrected chi connectivity index (χ4v) is 3.54. The highest BCUT2D eigenvalue weighted by Crippen LogP contribution is 2.33. The van der Waals surface area contributed by atoms with Crippen LogP contribution < -0.4 is 11.5 Å². The lowest BCUT2D eigenvalue weighted by atomic mass is 9.95. The number of ketones is 1. The maximum Gasteiger partial charge on any atom is 0.341 e. The summed E-state index contributed by atoms with van der Waals surface area (Å²) in [6.07, 6.45) is 2.70. The van der Waals surface area contributed by atoms with Crippen molar-refractivity contribution in [3.05, 3.63) is 83.3 Å². The predicted molar refractivity (Wildman–Crippen MR) is 123 cm³/mol. The number of ether oxygens (including phenoxy) is 2. The van der Waals surface area contributed by atoms with E-state index in [1.54, 1.807) is 12.1 Å². The van der Waals surface area contributed by atoms with E-state index in [1.807, 2.05) is 0 Å². The molecular weight excluding hydrogens is 440 g/mol. The van der Waals surface area contributed by atoms with Crippen LogP contribution in [0.3, 0.4) is 0 Å². The summed E-state index contributed by atoms with van der Waals surface area (Å²) in [6, 6.07) is 12.3. The number of benzene rings is 2. The van der Waals surface area contributed by atoms with Crippen molar-refractivity contribution in [1.29, 1.82) is 0 Å². The number of furan rings is 2. The smallest absolute Gasteiger partial charge is 0.341 e. The van der Waals surface area contributed by atoms with Crippen molar-refractivity contribution in [2.24, 2.45) is 0 Å². The number of nitrogens with two attached hydrogens (primary N) is 2. The molecule has 2 heterocycles. The average molecular weight is 460 g/mol. The van der Waals surface area contributed by atoms with Crippen LogP contribution in [-0.2, 0) is 9.47 Å². The Morgan fingerprint density at radius 3 is 1.44 bits per heavy atom. The van der Waals surface area contributed by atoms with Gasteiger partial charge in [-0.25, -0.2) is 9.59 Å². The molecule has 0 spiro atoms. The average Bonchev–Trinajstić information content (AvgIpc) is 3.53. The van der Waals surface area contributed by atoms with Crippen LogP contribution in [0.25, 0.3) is 22.6 Å². The summed E-state index contributed by atoms with van der Waals surface area (Å²) in [5.41, 5.74) is 14.3. The fourth-order valence-electron chi connectivity index (χ4n) is 3.54. The molecule has 0 atom stereocenters. The van der Waals surface area contributed by atoms with Crippen molar-refractivity contribution >= 4 is 29.1 Å². The fraction of sp³-hybridized carbons (Fsp3) is 0.0800. The minimum Gasteiger partial charge on any atom is -0.465 e. The van der Waals surface area contributed by atoms with Gasteiger partial charge in [-0.15, -0.1) is 0 Å². The van der Waals surface area contributed by atoms with Crippen LogP contribution in [0.5, 0.6) is 0 Å². The molecule has 0 aliphatic carbocycles. The molecule has 172 valence electrons. The summed E-state index contributed by atoms with van der Waals surface area (Å²) < 4.78 is 20.5. The lowest BCUT2D eigenvalue weighted by Crippen LogP contribution is -2.09. The number of rotatable bonds is 6. The van der Waals surface area contributed by atoms with Gasteiger partial charge in [-0.1, -0.05) is 0 Å². The van der Waals surface area contributed by atoms with E-state index in [9.17, 15) is 14.4 Å². The van der Waals surface area contributed by atoms with Gasteiger partial charge in [0.2, 0.25) is 0 Å². The van der Waals surface area contributed by atoms with Crippen LogP contribution in [0.4, 0.5) is 11.4 Å². The van der Waals surface area contributed by atoms with Crippen LogP contribution in [0.2, 0.25) is 0 Å². The summed E-state index contributed by atoms with van der Waals surface area (Å²) in [4.78, 5) is 37.5. The number of hydrogen-bond acceptors (Lipinski definition) is 9. The summed E-state index contributed by atoms with van der Waals surface area (Å²) in [6.45, 7) is 0. The van der Waals surface area contributed by atoms with Gasteiger partial charge in [0.05, 0.1) is 26.7 Å². The van der Waals surface area contributed by atoms with Gasteiger partial charge in [-0.05, 0) is 48.5 Å². The molecule has 0 aliphatic rings. The van der Waals surface area contributed by atoms with Gasteiger partial charge in [-0.3, -0.25) is 4.79 Å². The SMILES string of the molecule is COC(=O)c1ccoc1-c1ccc(N)c(C(=O)c2cc(-c3occc3C(=O)OC)ccc2N)c1. The highest BCUT2D eigenvalue weighted by molar-refractivity contribution is 6.16. The second-order valence-corrected chi connectivity index (χ2v) is 7.24. The van der Waals surface area contributed by atoms with Crippen molar-refractivity contribution in [2.75, 3.05) is 25.7 Å². The Morgan fingerprint density at radius 1 is 0.647 bits per heavy atom. The van der Waals surface area contributed by atoms with E-state index >= 15 is 0 Å². The third-order valence-electron chi connectivity index (χ3n) is 5.26. The molecule has 34 heavy (non-hydrogen) atoms. The maximum atomic E-state index is 13.5. The number of nitrogen functional groups attached to an aromatic ring is 2. The molecule has 0 fully saturated rings. The van der Waals surface area contributed by atoms with Gasteiger partial charge in [0.1, 0.15) is 22.6 Å². The van der Waals surface area contributed by atoms with E-state index < -0.39 is 17.7 Å². The Labute approximate surface area is 193 Å². The Bertz CT molecular complexity index is 1310. The molecule has 0 bridgehead atoms. The molecule has 0 amide bonds. The highest BCUT2D eigenvalue weighted by Gasteiger charge is 2.23. The molecule has 4 rings (SSSR count).